The number of benzene rings is 3. The first-order valence-corrected chi connectivity index (χ1v) is 10.8. The fourth-order valence-corrected chi connectivity index (χ4v) is 3.79. The van der Waals surface area contributed by atoms with Crippen LogP contribution in [0.3, 0.4) is 0 Å². The summed E-state index contributed by atoms with van der Waals surface area (Å²) in [5.74, 6) is -0.547. The monoisotopic (exact) mass is 489 g/mol. The summed E-state index contributed by atoms with van der Waals surface area (Å²) in [5, 5.41) is 18.8. The summed E-state index contributed by atoms with van der Waals surface area (Å²) in [5.41, 5.74) is 3.00. The normalized spacial score (nSPS) is 15.0. The van der Waals surface area contributed by atoms with Crippen LogP contribution < -0.4 is 10.6 Å². The lowest BCUT2D eigenvalue weighted by molar-refractivity contribution is -0.117. The maximum absolute atomic E-state index is 13.2. The third-order valence-corrected chi connectivity index (χ3v) is 5.65. The number of nitrogens with zero attached hydrogens (tertiary/aromatic N) is 1. The van der Waals surface area contributed by atoms with Crippen LogP contribution in [0.15, 0.2) is 100 Å². The number of hydrogen-bond acceptors (Lipinski definition) is 5. The van der Waals surface area contributed by atoms with Gasteiger partial charge in [-0.15, -0.1) is 0 Å². The highest BCUT2D eigenvalue weighted by Crippen LogP contribution is 2.22. The second kappa shape index (κ2) is 9.62. The topological polar surface area (TPSA) is 90.8 Å². The molecule has 3 aromatic carbocycles. The highest BCUT2D eigenvalue weighted by atomic mass is 79.9. The number of rotatable bonds is 6. The van der Waals surface area contributed by atoms with Crippen molar-refractivity contribution in [2.24, 2.45) is 5.16 Å². The van der Waals surface area contributed by atoms with Crippen LogP contribution >= 0.6 is 15.9 Å². The molecule has 0 bridgehead atoms. The molecular formula is C25H20BrN3O3. The lowest BCUT2D eigenvalue weighted by Gasteiger charge is -2.24. The zero-order valence-electron chi connectivity index (χ0n) is 17.0. The summed E-state index contributed by atoms with van der Waals surface area (Å²) in [6.07, 6.45) is 1.83. The lowest BCUT2D eigenvalue weighted by Crippen LogP contribution is -2.44. The van der Waals surface area contributed by atoms with Gasteiger partial charge in [0.25, 0.3) is 0 Å². The molecule has 0 aromatic heterocycles. The SMILES string of the molecule is O=C1C(N[C@H](Cc2ccccc2)C(=O)Nc2ccc(Br)cc2)=C/C(=N/O)c2ccccc21. The van der Waals surface area contributed by atoms with Gasteiger partial charge in [-0.2, -0.15) is 0 Å². The van der Waals surface area contributed by atoms with E-state index in [4.69, 9.17) is 0 Å². The Morgan fingerprint density at radius 2 is 1.59 bits per heavy atom. The fourth-order valence-electron chi connectivity index (χ4n) is 3.53. The van der Waals surface area contributed by atoms with Gasteiger partial charge in [0.15, 0.2) is 0 Å². The minimum absolute atomic E-state index is 0.198. The summed E-state index contributed by atoms with van der Waals surface area (Å²) in [6, 6.07) is 23.0. The average Bonchev–Trinajstić information content (AvgIpc) is 2.82. The highest BCUT2D eigenvalue weighted by Gasteiger charge is 2.28. The Morgan fingerprint density at radius 3 is 2.28 bits per heavy atom. The third-order valence-electron chi connectivity index (χ3n) is 5.12. The van der Waals surface area contributed by atoms with E-state index >= 15 is 0 Å². The Labute approximate surface area is 193 Å². The summed E-state index contributed by atoms with van der Waals surface area (Å²) in [4.78, 5) is 26.3. The second-order valence-electron chi connectivity index (χ2n) is 7.30. The number of Topliss-reactive ketones (excluding diaryl/α,β-unsaturated/α-hetero) is 1. The van der Waals surface area contributed by atoms with Gasteiger partial charge >= 0.3 is 0 Å². The molecule has 1 aliphatic rings. The summed E-state index contributed by atoms with van der Waals surface area (Å²) in [7, 11) is 0. The first-order valence-electron chi connectivity index (χ1n) is 10.00. The van der Waals surface area contributed by atoms with E-state index in [1.165, 1.54) is 6.08 Å². The zero-order chi connectivity index (χ0) is 22.5. The molecule has 0 unspecified atom stereocenters. The van der Waals surface area contributed by atoms with Crippen LogP contribution in [0.5, 0.6) is 0 Å². The molecule has 0 fully saturated rings. The quantitative estimate of drug-likeness (QED) is 0.350. The smallest absolute Gasteiger partial charge is 0.247 e. The van der Waals surface area contributed by atoms with Crippen molar-refractivity contribution in [3.63, 3.8) is 0 Å². The Hall–Kier alpha value is -3.71. The van der Waals surface area contributed by atoms with E-state index in [1.54, 1.807) is 36.4 Å². The number of allylic oxidation sites excluding steroid dienone is 2. The van der Waals surface area contributed by atoms with Gasteiger partial charge in [0, 0.05) is 27.7 Å². The zero-order valence-corrected chi connectivity index (χ0v) is 18.5. The van der Waals surface area contributed by atoms with E-state index in [0.717, 1.165) is 10.0 Å². The van der Waals surface area contributed by atoms with Gasteiger partial charge in [0.1, 0.15) is 11.8 Å². The standard InChI is InChI=1S/C25H20BrN3O3/c26-17-10-12-18(13-11-17)27-25(31)23(14-16-6-2-1-3-7-16)28-22-15-21(29-32)19-8-4-5-9-20(19)24(22)30/h1-13,15,23,28,32H,14H2,(H,27,31)/b29-21-/t23-/m1/s1. The van der Waals surface area contributed by atoms with Crippen LogP contribution in [0.2, 0.25) is 0 Å². The van der Waals surface area contributed by atoms with Crippen molar-refractivity contribution in [2.45, 2.75) is 12.5 Å². The number of anilines is 1. The molecule has 32 heavy (non-hydrogen) atoms. The molecule has 3 aromatic rings. The Bertz CT molecular complexity index is 1200. The molecule has 7 heteroatoms. The van der Waals surface area contributed by atoms with Crippen molar-refractivity contribution < 1.29 is 14.8 Å². The molecule has 1 aliphatic carbocycles. The molecule has 160 valence electrons. The van der Waals surface area contributed by atoms with E-state index in [-0.39, 0.29) is 23.1 Å². The number of carbonyl (C=O) groups is 2. The van der Waals surface area contributed by atoms with Crippen molar-refractivity contribution in [2.75, 3.05) is 5.32 Å². The molecule has 0 heterocycles. The largest absolute Gasteiger partial charge is 0.410 e. The van der Waals surface area contributed by atoms with Gasteiger partial charge in [-0.05, 0) is 35.9 Å². The molecule has 0 spiro atoms. The number of carbonyl (C=O) groups excluding carboxylic acids is 2. The Kier molecular flexibility index (Phi) is 6.47. The van der Waals surface area contributed by atoms with E-state index in [1.807, 2.05) is 42.5 Å². The number of oxime groups is 1. The second-order valence-corrected chi connectivity index (χ2v) is 8.22. The predicted molar refractivity (Wildman–Crippen MR) is 127 cm³/mol. The number of amides is 1. The third kappa shape index (κ3) is 4.78. The Balaban J connectivity index is 1.62. The number of fused-ring (bicyclic) bond motifs is 1. The first kappa shape index (κ1) is 21.5. The summed E-state index contributed by atoms with van der Waals surface area (Å²) >= 11 is 3.38. The van der Waals surface area contributed by atoms with Crippen LogP contribution in [0, 0.1) is 0 Å². The fraction of sp³-hybridized carbons (Fsp3) is 0.0800. The highest BCUT2D eigenvalue weighted by molar-refractivity contribution is 9.10. The number of halogens is 1. The van der Waals surface area contributed by atoms with E-state index in [9.17, 15) is 14.8 Å². The van der Waals surface area contributed by atoms with Crippen molar-refractivity contribution in [3.8, 4) is 0 Å². The van der Waals surface area contributed by atoms with Crippen LogP contribution in [-0.2, 0) is 11.2 Å². The van der Waals surface area contributed by atoms with Crippen molar-refractivity contribution in [1.82, 2.24) is 5.32 Å². The number of hydrogen-bond donors (Lipinski definition) is 3. The molecular weight excluding hydrogens is 470 g/mol. The van der Waals surface area contributed by atoms with E-state index in [2.05, 4.69) is 31.7 Å². The van der Waals surface area contributed by atoms with Crippen molar-refractivity contribution >= 4 is 39.0 Å². The minimum Gasteiger partial charge on any atom is -0.410 e. The molecule has 1 amide bonds. The Morgan fingerprint density at radius 1 is 0.938 bits per heavy atom. The summed E-state index contributed by atoms with van der Waals surface area (Å²) < 4.78 is 0.905. The average molecular weight is 490 g/mol. The van der Waals surface area contributed by atoms with Crippen molar-refractivity contribution in [1.29, 1.82) is 0 Å². The molecule has 6 nitrogen and oxygen atoms in total. The lowest BCUT2D eigenvalue weighted by atomic mass is 9.91. The minimum atomic E-state index is -0.735. The van der Waals surface area contributed by atoms with Crippen LogP contribution in [0.4, 0.5) is 5.69 Å². The number of ketones is 1. The van der Waals surface area contributed by atoms with E-state index < -0.39 is 6.04 Å². The molecule has 0 radical (unpaired) electrons. The molecule has 1 atom stereocenters. The summed E-state index contributed by atoms with van der Waals surface area (Å²) in [6.45, 7) is 0. The van der Waals surface area contributed by atoms with Crippen molar-refractivity contribution in [3.05, 3.63) is 112 Å². The first-order chi connectivity index (χ1) is 15.5. The molecule has 0 saturated heterocycles. The van der Waals surface area contributed by atoms with Crippen LogP contribution in [0.1, 0.15) is 21.5 Å². The number of nitrogens with one attached hydrogen (secondary N) is 2. The van der Waals surface area contributed by atoms with Gasteiger partial charge in [-0.1, -0.05) is 75.7 Å². The predicted octanol–water partition coefficient (Wildman–Crippen LogP) is 4.55. The molecule has 0 saturated carbocycles. The maximum atomic E-state index is 13.2. The molecule has 4 rings (SSSR count). The molecule has 0 aliphatic heterocycles. The van der Waals surface area contributed by atoms with Crippen LogP contribution in [-0.4, -0.2) is 28.7 Å². The van der Waals surface area contributed by atoms with Gasteiger partial charge in [-0.25, -0.2) is 0 Å². The van der Waals surface area contributed by atoms with Gasteiger partial charge in [0.05, 0.1) is 5.70 Å². The maximum Gasteiger partial charge on any atom is 0.247 e. The van der Waals surface area contributed by atoms with Gasteiger partial charge in [-0.3, -0.25) is 9.59 Å². The van der Waals surface area contributed by atoms with Crippen LogP contribution in [0.25, 0.3) is 0 Å². The molecule has 3 N–H and O–H groups in total. The van der Waals surface area contributed by atoms with Gasteiger partial charge in [0.2, 0.25) is 11.7 Å². The van der Waals surface area contributed by atoms with Gasteiger partial charge < -0.3 is 15.8 Å². The van der Waals surface area contributed by atoms with E-state index in [0.29, 0.717) is 23.2 Å².